The molecule has 0 aromatic heterocycles. The van der Waals surface area contributed by atoms with Gasteiger partial charge in [-0.15, -0.1) is 0 Å². The molecule has 114 valence electrons. The number of fused-ring (bicyclic) bond motifs is 4. The summed E-state index contributed by atoms with van der Waals surface area (Å²) < 4.78 is 0. The van der Waals surface area contributed by atoms with Crippen molar-refractivity contribution >= 4 is 0 Å². The van der Waals surface area contributed by atoms with Gasteiger partial charge in [0.2, 0.25) is 0 Å². The van der Waals surface area contributed by atoms with Crippen LogP contribution in [-0.4, -0.2) is 24.0 Å². The number of piperidine rings is 1. The van der Waals surface area contributed by atoms with Crippen molar-refractivity contribution in [2.24, 2.45) is 17.6 Å². The molecule has 2 fully saturated rings. The molecule has 2 nitrogen and oxygen atoms in total. The first-order chi connectivity index (χ1) is 10.1. The smallest absolute Gasteiger partial charge is 0.0178 e. The number of nitrogens with two attached hydrogens (primary N) is 1. The maximum atomic E-state index is 5.86. The summed E-state index contributed by atoms with van der Waals surface area (Å²) in [6.07, 6.45) is 5.47. The molecule has 4 rings (SSSR count). The van der Waals surface area contributed by atoms with Gasteiger partial charge >= 0.3 is 0 Å². The summed E-state index contributed by atoms with van der Waals surface area (Å²) in [5.74, 6) is 1.76. The molecular formula is C19H28N2. The van der Waals surface area contributed by atoms with E-state index in [0.29, 0.717) is 12.0 Å². The number of hydrogen-bond acceptors (Lipinski definition) is 2. The summed E-state index contributed by atoms with van der Waals surface area (Å²) in [4.78, 5) is 2.81. The van der Waals surface area contributed by atoms with Gasteiger partial charge in [-0.05, 0) is 66.2 Å². The first-order valence-electron chi connectivity index (χ1n) is 8.68. The highest BCUT2D eigenvalue weighted by molar-refractivity contribution is 5.42. The fraction of sp³-hybridized carbons (Fsp3) is 0.684. The molecule has 2 heteroatoms. The molecule has 1 aromatic carbocycles. The third-order valence-electron chi connectivity index (χ3n) is 6.61. The molecule has 3 aliphatic rings. The lowest BCUT2D eigenvalue weighted by atomic mass is 9.59. The lowest BCUT2D eigenvalue weighted by molar-refractivity contribution is 0.0284. The van der Waals surface area contributed by atoms with E-state index in [1.54, 1.807) is 11.1 Å². The number of rotatable bonds is 3. The topological polar surface area (TPSA) is 29.3 Å². The third kappa shape index (κ3) is 2.15. The van der Waals surface area contributed by atoms with Gasteiger partial charge in [0.15, 0.2) is 0 Å². The Balaban J connectivity index is 1.70. The van der Waals surface area contributed by atoms with Crippen LogP contribution in [0.3, 0.4) is 0 Å². The molecule has 2 unspecified atom stereocenters. The van der Waals surface area contributed by atoms with Crippen molar-refractivity contribution < 1.29 is 0 Å². The first-order valence-corrected chi connectivity index (χ1v) is 8.68. The van der Waals surface area contributed by atoms with Gasteiger partial charge in [-0.1, -0.05) is 32.0 Å². The molecule has 1 aromatic rings. The molecule has 1 aliphatic heterocycles. The fourth-order valence-electron chi connectivity index (χ4n) is 4.74. The van der Waals surface area contributed by atoms with Crippen LogP contribution < -0.4 is 5.73 Å². The van der Waals surface area contributed by atoms with E-state index in [-0.39, 0.29) is 0 Å². The van der Waals surface area contributed by atoms with E-state index in [9.17, 15) is 0 Å². The summed E-state index contributed by atoms with van der Waals surface area (Å²) in [5.41, 5.74) is 10.7. The van der Waals surface area contributed by atoms with Crippen LogP contribution in [0, 0.1) is 11.8 Å². The Morgan fingerprint density at radius 2 is 2.14 bits per heavy atom. The minimum absolute atomic E-state index is 0.351. The van der Waals surface area contributed by atoms with Gasteiger partial charge in [-0.2, -0.15) is 0 Å². The SMILES string of the molecule is CC1C2Cc3ccc(CN)cc3[C@@]1(C)CCN2CC1CC1. The zero-order chi connectivity index (χ0) is 14.6. The zero-order valence-corrected chi connectivity index (χ0v) is 13.4. The van der Waals surface area contributed by atoms with Gasteiger partial charge in [0.05, 0.1) is 0 Å². The molecular weight excluding hydrogens is 256 g/mol. The maximum Gasteiger partial charge on any atom is 0.0178 e. The van der Waals surface area contributed by atoms with Crippen LogP contribution in [0.25, 0.3) is 0 Å². The number of nitrogens with zero attached hydrogens (tertiary/aromatic N) is 1. The molecule has 1 saturated carbocycles. The second-order valence-electron chi connectivity index (χ2n) is 7.86. The van der Waals surface area contributed by atoms with Crippen LogP contribution >= 0.6 is 0 Å². The molecule has 3 atom stereocenters. The highest BCUT2D eigenvalue weighted by Crippen LogP contribution is 2.49. The van der Waals surface area contributed by atoms with Gasteiger partial charge in [0, 0.05) is 19.1 Å². The molecule has 1 heterocycles. The van der Waals surface area contributed by atoms with Crippen molar-refractivity contribution in [3.05, 3.63) is 34.9 Å². The fourth-order valence-corrected chi connectivity index (χ4v) is 4.74. The Labute approximate surface area is 128 Å². The molecule has 2 aliphatic carbocycles. The predicted octanol–water partition coefficient (Wildman–Crippen LogP) is 3.08. The van der Waals surface area contributed by atoms with Crippen LogP contribution in [-0.2, 0) is 18.4 Å². The van der Waals surface area contributed by atoms with Crippen LogP contribution in [0.4, 0.5) is 0 Å². The van der Waals surface area contributed by atoms with Crippen molar-refractivity contribution in [2.75, 3.05) is 13.1 Å². The highest BCUT2D eigenvalue weighted by atomic mass is 15.2. The van der Waals surface area contributed by atoms with Crippen LogP contribution in [0.1, 0.15) is 49.8 Å². The summed E-state index contributed by atoms with van der Waals surface area (Å²) in [7, 11) is 0. The molecule has 2 N–H and O–H groups in total. The van der Waals surface area contributed by atoms with Gasteiger partial charge in [-0.25, -0.2) is 0 Å². The van der Waals surface area contributed by atoms with Crippen molar-refractivity contribution in [2.45, 2.75) is 57.5 Å². The normalized spacial score (nSPS) is 35.6. The Kier molecular flexibility index (Phi) is 3.16. The van der Waals surface area contributed by atoms with E-state index in [2.05, 4.69) is 36.9 Å². The standard InChI is InChI=1S/C19H28N2/c1-13-18-10-16-6-5-15(11-20)9-17(16)19(13,2)7-8-21(18)12-14-3-4-14/h5-6,9,13-14,18H,3-4,7-8,10-12,20H2,1-2H3/t13?,18?,19-/m0/s1. The molecule has 0 radical (unpaired) electrons. The van der Waals surface area contributed by atoms with E-state index in [4.69, 9.17) is 5.73 Å². The summed E-state index contributed by atoms with van der Waals surface area (Å²) >= 11 is 0. The minimum Gasteiger partial charge on any atom is -0.326 e. The Morgan fingerprint density at radius 1 is 1.33 bits per heavy atom. The van der Waals surface area contributed by atoms with Crippen molar-refractivity contribution in [3.8, 4) is 0 Å². The zero-order valence-electron chi connectivity index (χ0n) is 13.4. The second-order valence-corrected chi connectivity index (χ2v) is 7.86. The Hall–Kier alpha value is -0.860. The van der Waals surface area contributed by atoms with Crippen molar-refractivity contribution in [3.63, 3.8) is 0 Å². The summed E-state index contributed by atoms with van der Waals surface area (Å²) in [6, 6.07) is 7.74. The molecule has 1 saturated heterocycles. The van der Waals surface area contributed by atoms with Crippen molar-refractivity contribution in [1.82, 2.24) is 4.90 Å². The van der Waals surface area contributed by atoms with Gasteiger partial charge in [0.1, 0.15) is 0 Å². The summed E-state index contributed by atoms with van der Waals surface area (Å²) in [5, 5.41) is 0. The van der Waals surface area contributed by atoms with Crippen molar-refractivity contribution in [1.29, 1.82) is 0 Å². The van der Waals surface area contributed by atoms with E-state index in [1.165, 1.54) is 44.3 Å². The Morgan fingerprint density at radius 3 is 2.86 bits per heavy atom. The van der Waals surface area contributed by atoms with E-state index in [1.807, 2.05) is 0 Å². The molecule has 0 amide bonds. The number of benzene rings is 1. The van der Waals surface area contributed by atoms with E-state index >= 15 is 0 Å². The molecule has 0 spiro atoms. The summed E-state index contributed by atoms with van der Waals surface area (Å²) in [6.45, 7) is 8.28. The Bertz CT molecular complexity index is 548. The average Bonchev–Trinajstić information content (AvgIpc) is 3.30. The lowest BCUT2D eigenvalue weighted by Gasteiger charge is -2.55. The highest BCUT2D eigenvalue weighted by Gasteiger charge is 2.48. The molecule has 21 heavy (non-hydrogen) atoms. The average molecular weight is 284 g/mol. The number of hydrogen-bond donors (Lipinski definition) is 1. The largest absolute Gasteiger partial charge is 0.326 e. The predicted molar refractivity (Wildman–Crippen MR) is 87.3 cm³/mol. The van der Waals surface area contributed by atoms with Gasteiger partial charge in [-0.3, -0.25) is 4.90 Å². The van der Waals surface area contributed by atoms with Gasteiger partial charge < -0.3 is 5.73 Å². The number of likely N-dealkylation sites (tertiary alicyclic amines) is 1. The van der Waals surface area contributed by atoms with E-state index in [0.717, 1.165) is 17.9 Å². The molecule has 2 bridgehead atoms. The lowest BCUT2D eigenvalue weighted by Crippen LogP contribution is -2.58. The van der Waals surface area contributed by atoms with E-state index < -0.39 is 0 Å². The second kappa shape index (κ2) is 4.82. The quantitative estimate of drug-likeness (QED) is 0.924. The monoisotopic (exact) mass is 284 g/mol. The minimum atomic E-state index is 0.351. The maximum absolute atomic E-state index is 5.86. The van der Waals surface area contributed by atoms with Crippen LogP contribution in [0.2, 0.25) is 0 Å². The van der Waals surface area contributed by atoms with Crippen LogP contribution in [0.15, 0.2) is 18.2 Å². The van der Waals surface area contributed by atoms with Gasteiger partial charge in [0.25, 0.3) is 0 Å². The van der Waals surface area contributed by atoms with Crippen LogP contribution in [0.5, 0.6) is 0 Å². The first kappa shape index (κ1) is 13.8. The third-order valence-corrected chi connectivity index (χ3v) is 6.61.